The predicted molar refractivity (Wildman–Crippen MR) is 71.8 cm³/mol. The molecule has 0 saturated carbocycles. The Morgan fingerprint density at radius 2 is 1.95 bits per heavy atom. The Bertz CT molecular complexity index is 703. The largest absolute Gasteiger partial charge is 0.417 e. The predicted octanol–water partition coefficient (Wildman–Crippen LogP) is 4.14. The molecular weight excluding hydrogens is 299 g/mol. The minimum atomic E-state index is -4.40. The molecule has 2 rings (SSSR count). The van der Waals surface area contributed by atoms with Gasteiger partial charge in [-0.15, -0.1) is 0 Å². The van der Waals surface area contributed by atoms with Crippen LogP contribution in [0.5, 0.6) is 0 Å². The third kappa shape index (κ3) is 3.52. The zero-order valence-corrected chi connectivity index (χ0v) is 12.0. The summed E-state index contributed by atoms with van der Waals surface area (Å²) in [6, 6.07) is 6.04. The van der Waals surface area contributed by atoms with Gasteiger partial charge in [-0.3, -0.25) is 4.98 Å². The minimum Gasteiger partial charge on any atom is -0.257 e. The Hall–Kier alpha value is -2.07. The van der Waals surface area contributed by atoms with E-state index in [0.29, 0.717) is 21.2 Å². The summed E-state index contributed by atoms with van der Waals surface area (Å²) >= 11 is 1.15. The molecule has 0 fully saturated rings. The zero-order valence-electron chi connectivity index (χ0n) is 11.2. The summed E-state index contributed by atoms with van der Waals surface area (Å²) in [5.74, 6) is 0. The molecule has 3 nitrogen and oxygen atoms in total. The van der Waals surface area contributed by atoms with E-state index in [1.54, 1.807) is 19.9 Å². The van der Waals surface area contributed by atoms with Gasteiger partial charge in [0.25, 0.3) is 0 Å². The second-order valence-electron chi connectivity index (χ2n) is 4.32. The molecule has 0 N–H and O–H groups in total. The fraction of sp³-hybridized carbons (Fsp3) is 0.214. The molecule has 2 aromatic heterocycles. The molecule has 108 valence electrons. The van der Waals surface area contributed by atoms with Crippen LogP contribution in [0.4, 0.5) is 13.2 Å². The van der Waals surface area contributed by atoms with Gasteiger partial charge >= 0.3 is 6.18 Å². The fourth-order valence-electron chi connectivity index (χ4n) is 1.73. The Morgan fingerprint density at radius 1 is 1.24 bits per heavy atom. The third-order valence-corrected chi connectivity index (χ3v) is 3.67. The van der Waals surface area contributed by atoms with E-state index in [1.807, 2.05) is 0 Å². The lowest BCUT2D eigenvalue weighted by molar-refractivity contribution is -0.137. The SMILES string of the molecule is Cc1cc(Sc2ccc(C(F)(F)F)cn2)c(C#N)c(C)n1. The van der Waals surface area contributed by atoms with Crippen molar-refractivity contribution >= 4 is 11.8 Å². The van der Waals surface area contributed by atoms with Gasteiger partial charge in [0, 0.05) is 16.8 Å². The summed E-state index contributed by atoms with van der Waals surface area (Å²) < 4.78 is 37.4. The van der Waals surface area contributed by atoms with Gasteiger partial charge in [-0.1, -0.05) is 11.8 Å². The molecule has 0 amide bonds. The van der Waals surface area contributed by atoms with Gasteiger partial charge in [0.1, 0.15) is 11.1 Å². The van der Waals surface area contributed by atoms with Crippen LogP contribution in [0.25, 0.3) is 0 Å². The van der Waals surface area contributed by atoms with Crippen molar-refractivity contribution in [1.29, 1.82) is 5.26 Å². The average molecular weight is 309 g/mol. The van der Waals surface area contributed by atoms with Gasteiger partial charge in [0.15, 0.2) is 0 Å². The number of halogens is 3. The zero-order chi connectivity index (χ0) is 15.6. The Labute approximate surface area is 123 Å². The first kappa shape index (κ1) is 15.3. The first-order valence-electron chi connectivity index (χ1n) is 5.90. The molecule has 2 heterocycles. The number of nitrogens with zero attached hydrogens (tertiary/aromatic N) is 3. The van der Waals surface area contributed by atoms with Crippen LogP contribution in [0.15, 0.2) is 34.3 Å². The minimum absolute atomic E-state index is 0.393. The van der Waals surface area contributed by atoms with Crippen LogP contribution in [0.1, 0.15) is 22.5 Å². The van der Waals surface area contributed by atoms with Crippen molar-refractivity contribution in [3.05, 3.63) is 46.9 Å². The van der Waals surface area contributed by atoms with Crippen molar-refractivity contribution in [1.82, 2.24) is 9.97 Å². The van der Waals surface area contributed by atoms with E-state index in [0.717, 1.165) is 29.7 Å². The molecule has 0 aliphatic rings. The normalized spacial score (nSPS) is 11.2. The summed E-state index contributed by atoms with van der Waals surface area (Å²) in [6.07, 6.45) is -3.62. The van der Waals surface area contributed by atoms with E-state index in [9.17, 15) is 13.2 Å². The summed E-state index contributed by atoms with van der Waals surface area (Å²) in [5.41, 5.74) is 0.939. The topological polar surface area (TPSA) is 49.6 Å². The smallest absolute Gasteiger partial charge is 0.257 e. The van der Waals surface area contributed by atoms with Crippen LogP contribution in [-0.4, -0.2) is 9.97 Å². The molecule has 0 aliphatic heterocycles. The third-order valence-electron chi connectivity index (χ3n) is 2.68. The highest BCUT2D eigenvalue weighted by molar-refractivity contribution is 7.99. The first-order valence-corrected chi connectivity index (χ1v) is 6.72. The number of aryl methyl sites for hydroxylation is 2. The summed E-state index contributed by atoms with van der Waals surface area (Å²) in [4.78, 5) is 8.61. The number of nitriles is 1. The Morgan fingerprint density at radius 3 is 2.48 bits per heavy atom. The Kier molecular flexibility index (Phi) is 4.19. The average Bonchev–Trinajstić information content (AvgIpc) is 2.38. The number of pyridine rings is 2. The summed E-state index contributed by atoms with van der Waals surface area (Å²) in [6.45, 7) is 3.51. The van der Waals surface area contributed by atoms with Gasteiger partial charge in [0.05, 0.1) is 16.8 Å². The summed E-state index contributed by atoms with van der Waals surface area (Å²) in [7, 11) is 0. The molecule has 7 heteroatoms. The number of alkyl halides is 3. The molecule has 0 unspecified atom stereocenters. The van der Waals surface area contributed by atoms with Gasteiger partial charge in [-0.2, -0.15) is 18.4 Å². The molecule has 0 bridgehead atoms. The highest BCUT2D eigenvalue weighted by atomic mass is 32.2. The van der Waals surface area contributed by atoms with E-state index in [4.69, 9.17) is 5.26 Å². The molecule has 0 aliphatic carbocycles. The molecule has 21 heavy (non-hydrogen) atoms. The van der Waals surface area contributed by atoms with E-state index in [2.05, 4.69) is 16.0 Å². The van der Waals surface area contributed by atoms with Crippen LogP contribution in [0.3, 0.4) is 0 Å². The quantitative estimate of drug-likeness (QED) is 0.836. The van der Waals surface area contributed by atoms with Crippen molar-refractivity contribution < 1.29 is 13.2 Å². The number of hydrogen-bond donors (Lipinski definition) is 0. The summed E-state index contributed by atoms with van der Waals surface area (Å²) in [5, 5.41) is 9.54. The van der Waals surface area contributed by atoms with Crippen molar-refractivity contribution in [2.75, 3.05) is 0 Å². The van der Waals surface area contributed by atoms with E-state index in [-0.39, 0.29) is 0 Å². The number of hydrogen-bond acceptors (Lipinski definition) is 4. The molecule has 2 aromatic rings. The van der Waals surface area contributed by atoms with Crippen molar-refractivity contribution in [2.45, 2.75) is 29.9 Å². The standard InChI is InChI=1S/C14H10F3N3S/c1-8-5-12(11(6-18)9(2)20-8)21-13-4-3-10(7-19-13)14(15,16)17/h3-5,7H,1-2H3. The molecule has 0 saturated heterocycles. The second-order valence-corrected chi connectivity index (χ2v) is 5.38. The molecule has 0 atom stereocenters. The van der Waals surface area contributed by atoms with Crippen molar-refractivity contribution in [3.63, 3.8) is 0 Å². The fourth-order valence-corrected chi connectivity index (χ4v) is 2.72. The number of rotatable bonds is 2. The van der Waals surface area contributed by atoms with E-state index in [1.165, 1.54) is 6.07 Å². The van der Waals surface area contributed by atoms with Crippen LogP contribution < -0.4 is 0 Å². The van der Waals surface area contributed by atoms with Crippen molar-refractivity contribution in [2.24, 2.45) is 0 Å². The molecule has 0 spiro atoms. The lowest BCUT2D eigenvalue weighted by atomic mass is 10.2. The van der Waals surface area contributed by atoms with Crippen LogP contribution in [0.2, 0.25) is 0 Å². The maximum absolute atomic E-state index is 12.5. The van der Waals surface area contributed by atoms with E-state index < -0.39 is 11.7 Å². The van der Waals surface area contributed by atoms with E-state index >= 15 is 0 Å². The van der Waals surface area contributed by atoms with Crippen LogP contribution >= 0.6 is 11.8 Å². The lowest BCUT2D eigenvalue weighted by Crippen LogP contribution is -2.05. The first-order chi connectivity index (χ1) is 9.81. The van der Waals surface area contributed by atoms with Gasteiger partial charge in [-0.25, -0.2) is 4.98 Å². The van der Waals surface area contributed by atoms with Gasteiger partial charge in [0.2, 0.25) is 0 Å². The lowest BCUT2D eigenvalue weighted by Gasteiger charge is -2.09. The Balaban J connectivity index is 2.33. The van der Waals surface area contributed by atoms with Crippen molar-refractivity contribution in [3.8, 4) is 6.07 Å². The van der Waals surface area contributed by atoms with Gasteiger partial charge < -0.3 is 0 Å². The van der Waals surface area contributed by atoms with Gasteiger partial charge in [-0.05, 0) is 32.0 Å². The molecular formula is C14H10F3N3S. The molecule has 0 radical (unpaired) electrons. The molecule has 0 aromatic carbocycles. The maximum Gasteiger partial charge on any atom is 0.417 e. The highest BCUT2D eigenvalue weighted by Gasteiger charge is 2.30. The number of aromatic nitrogens is 2. The maximum atomic E-state index is 12.5. The van der Waals surface area contributed by atoms with Crippen LogP contribution in [-0.2, 0) is 6.18 Å². The highest BCUT2D eigenvalue weighted by Crippen LogP contribution is 2.33. The van der Waals surface area contributed by atoms with Crippen LogP contribution in [0, 0.1) is 25.2 Å². The second kappa shape index (κ2) is 5.74. The monoisotopic (exact) mass is 309 g/mol.